The molecule has 0 radical (unpaired) electrons. The van der Waals surface area contributed by atoms with Crippen LogP contribution in [0.1, 0.15) is 97.3 Å². The van der Waals surface area contributed by atoms with Crippen molar-refractivity contribution in [2.75, 3.05) is 0 Å². The summed E-state index contributed by atoms with van der Waals surface area (Å²) in [4.78, 5) is 0. The van der Waals surface area contributed by atoms with Crippen LogP contribution in [0.3, 0.4) is 0 Å². The summed E-state index contributed by atoms with van der Waals surface area (Å²) in [7, 11) is 0. The topological polar surface area (TPSA) is 20.2 Å². The van der Waals surface area contributed by atoms with Gasteiger partial charge in [-0.1, -0.05) is 63.8 Å². The lowest BCUT2D eigenvalue weighted by Gasteiger charge is -2.07. The number of aliphatic hydroxyl groups is 1. The Balaban J connectivity index is 3.32. The Kier molecular flexibility index (Phi) is 17.0. The normalized spacial score (nSPS) is 13.5. The molecule has 0 saturated heterocycles. The summed E-state index contributed by atoms with van der Waals surface area (Å²) in [6.07, 6.45) is 24.5. The first-order valence-electron chi connectivity index (χ1n) is 9.29. The molecule has 0 aromatic carbocycles. The van der Waals surface area contributed by atoms with Gasteiger partial charge in [0.15, 0.2) is 0 Å². The third kappa shape index (κ3) is 17.4. The molecular formula is C20H38O. The highest BCUT2D eigenvalue weighted by Gasteiger charge is 2.01. The monoisotopic (exact) mass is 294 g/mol. The van der Waals surface area contributed by atoms with Crippen LogP contribution in [0.2, 0.25) is 0 Å². The molecule has 0 aromatic rings. The van der Waals surface area contributed by atoms with Crippen molar-refractivity contribution in [3.63, 3.8) is 0 Å². The number of unbranched alkanes of at least 4 members (excludes halogenated alkanes) is 7. The van der Waals surface area contributed by atoms with Crippen molar-refractivity contribution in [3.8, 4) is 0 Å². The van der Waals surface area contributed by atoms with Crippen LogP contribution >= 0.6 is 0 Å². The molecule has 1 N–H and O–H groups in total. The van der Waals surface area contributed by atoms with Gasteiger partial charge in [-0.15, -0.1) is 0 Å². The molecule has 0 aliphatic heterocycles. The summed E-state index contributed by atoms with van der Waals surface area (Å²) in [6.45, 7) is 4.48. The first-order valence-corrected chi connectivity index (χ1v) is 9.29. The summed E-state index contributed by atoms with van der Waals surface area (Å²) in [5, 5.41) is 9.90. The van der Waals surface area contributed by atoms with Crippen molar-refractivity contribution in [2.24, 2.45) is 0 Å². The quantitative estimate of drug-likeness (QED) is 0.267. The maximum Gasteiger partial charge on any atom is 0.0543 e. The molecule has 0 fully saturated rings. The van der Waals surface area contributed by atoms with Gasteiger partial charge in [0.25, 0.3) is 0 Å². The smallest absolute Gasteiger partial charge is 0.0543 e. The van der Waals surface area contributed by atoms with Crippen LogP contribution in [0.15, 0.2) is 24.3 Å². The zero-order valence-electron chi connectivity index (χ0n) is 14.5. The standard InChI is InChI=1S/C20H38O/c1-3-5-7-9-11-13-15-17-19-20(21)18-16-14-12-10-8-6-4-2/h11-14,20-21H,3-10,15-19H2,1-2H3. The van der Waals surface area contributed by atoms with Crippen LogP contribution in [0.5, 0.6) is 0 Å². The largest absolute Gasteiger partial charge is 0.393 e. The summed E-state index contributed by atoms with van der Waals surface area (Å²) in [5.41, 5.74) is 0. The molecule has 0 aliphatic rings. The third-order valence-electron chi connectivity index (χ3n) is 3.86. The van der Waals surface area contributed by atoms with Crippen molar-refractivity contribution in [1.29, 1.82) is 0 Å². The molecule has 0 aromatic heterocycles. The Morgan fingerprint density at radius 2 is 1.10 bits per heavy atom. The van der Waals surface area contributed by atoms with Gasteiger partial charge in [-0.3, -0.25) is 0 Å². The number of hydrogen-bond acceptors (Lipinski definition) is 1. The van der Waals surface area contributed by atoms with Crippen molar-refractivity contribution in [2.45, 2.75) is 103 Å². The second-order valence-electron chi connectivity index (χ2n) is 6.10. The van der Waals surface area contributed by atoms with Crippen LogP contribution in [-0.2, 0) is 0 Å². The van der Waals surface area contributed by atoms with Crippen LogP contribution in [-0.4, -0.2) is 11.2 Å². The molecule has 124 valence electrons. The highest BCUT2D eigenvalue weighted by Crippen LogP contribution is 2.09. The van der Waals surface area contributed by atoms with Gasteiger partial charge in [0.2, 0.25) is 0 Å². The van der Waals surface area contributed by atoms with Gasteiger partial charge >= 0.3 is 0 Å². The van der Waals surface area contributed by atoms with Crippen LogP contribution in [0.4, 0.5) is 0 Å². The van der Waals surface area contributed by atoms with Crippen LogP contribution in [0, 0.1) is 0 Å². The molecule has 0 bridgehead atoms. The number of aliphatic hydroxyl groups excluding tert-OH is 1. The van der Waals surface area contributed by atoms with Gasteiger partial charge < -0.3 is 5.11 Å². The van der Waals surface area contributed by atoms with Gasteiger partial charge in [0, 0.05) is 0 Å². The van der Waals surface area contributed by atoms with Crippen molar-refractivity contribution in [3.05, 3.63) is 24.3 Å². The van der Waals surface area contributed by atoms with E-state index in [1.807, 2.05) is 0 Å². The van der Waals surface area contributed by atoms with E-state index in [2.05, 4.69) is 38.2 Å². The van der Waals surface area contributed by atoms with Crippen molar-refractivity contribution >= 4 is 0 Å². The molecule has 0 amide bonds. The van der Waals surface area contributed by atoms with E-state index in [4.69, 9.17) is 0 Å². The third-order valence-corrected chi connectivity index (χ3v) is 3.86. The molecular weight excluding hydrogens is 256 g/mol. The Hall–Kier alpha value is -0.560. The number of rotatable bonds is 15. The Labute approximate surface area is 133 Å². The van der Waals surface area contributed by atoms with Gasteiger partial charge in [-0.2, -0.15) is 0 Å². The second-order valence-corrected chi connectivity index (χ2v) is 6.10. The fraction of sp³-hybridized carbons (Fsp3) is 0.800. The molecule has 1 nitrogen and oxygen atoms in total. The Morgan fingerprint density at radius 3 is 1.62 bits per heavy atom. The predicted octanol–water partition coefficient (Wildman–Crippen LogP) is 6.57. The van der Waals surface area contributed by atoms with E-state index in [-0.39, 0.29) is 6.10 Å². The average Bonchev–Trinajstić information content (AvgIpc) is 2.49. The number of hydrogen-bond donors (Lipinski definition) is 1. The first kappa shape index (κ1) is 20.4. The maximum absolute atomic E-state index is 9.90. The van der Waals surface area contributed by atoms with E-state index in [9.17, 15) is 5.11 Å². The van der Waals surface area contributed by atoms with E-state index in [0.29, 0.717) is 0 Å². The van der Waals surface area contributed by atoms with E-state index < -0.39 is 0 Å². The zero-order chi connectivity index (χ0) is 15.6. The van der Waals surface area contributed by atoms with Gasteiger partial charge in [-0.25, -0.2) is 0 Å². The molecule has 0 heterocycles. The van der Waals surface area contributed by atoms with E-state index in [0.717, 1.165) is 32.1 Å². The summed E-state index contributed by atoms with van der Waals surface area (Å²) in [6, 6.07) is 0. The van der Waals surface area contributed by atoms with Crippen LogP contribution in [0.25, 0.3) is 0 Å². The van der Waals surface area contributed by atoms with Gasteiger partial charge in [0.1, 0.15) is 0 Å². The molecule has 21 heavy (non-hydrogen) atoms. The molecule has 1 unspecified atom stereocenters. The minimum Gasteiger partial charge on any atom is -0.393 e. The van der Waals surface area contributed by atoms with Crippen molar-refractivity contribution in [1.82, 2.24) is 0 Å². The van der Waals surface area contributed by atoms with Gasteiger partial charge in [0.05, 0.1) is 6.10 Å². The summed E-state index contributed by atoms with van der Waals surface area (Å²) < 4.78 is 0. The van der Waals surface area contributed by atoms with E-state index >= 15 is 0 Å². The summed E-state index contributed by atoms with van der Waals surface area (Å²) in [5.74, 6) is 0. The molecule has 0 saturated carbocycles. The molecule has 0 aliphatic carbocycles. The van der Waals surface area contributed by atoms with E-state index in [1.165, 1.54) is 51.4 Å². The minimum atomic E-state index is -0.112. The lowest BCUT2D eigenvalue weighted by atomic mass is 10.1. The Morgan fingerprint density at radius 1 is 0.619 bits per heavy atom. The highest BCUT2D eigenvalue weighted by atomic mass is 16.3. The maximum atomic E-state index is 9.90. The fourth-order valence-corrected chi connectivity index (χ4v) is 2.40. The SMILES string of the molecule is CCCCCC=CCCCC(O)CCC=CCCCCC. The summed E-state index contributed by atoms with van der Waals surface area (Å²) >= 11 is 0. The highest BCUT2D eigenvalue weighted by molar-refractivity contribution is 4.83. The first-order chi connectivity index (χ1) is 10.3. The van der Waals surface area contributed by atoms with Crippen LogP contribution < -0.4 is 0 Å². The molecule has 1 heteroatoms. The Bertz CT molecular complexity index is 242. The predicted molar refractivity (Wildman–Crippen MR) is 95.7 cm³/mol. The molecule has 0 rings (SSSR count). The lowest BCUT2D eigenvalue weighted by molar-refractivity contribution is 0.153. The second kappa shape index (κ2) is 17.5. The fourth-order valence-electron chi connectivity index (χ4n) is 2.40. The molecule has 0 spiro atoms. The minimum absolute atomic E-state index is 0.112. The number of allylic oxidation sites excluding steroid dienone is 4. The molecule has 1 atom stereocenters. The average molecular weight is 295 g/mol. The van der Waals surface area contributed by atoms with E-state index in [1.54, 1.807) is 0 Å². The lowest BCUT2D eigenvalue weighted by Crippen LogP contribution is -2.04. The van der Waals surface area contributed by atoms with Gasteiger partial charge in [-0.05, 0) is 57.8 Å². The van der Waals surface area contributed by atoms with Crippen molar-refractivity contribution < 1.29 is 5.11 Å². The zero-order valence-corrected chi connectivity index (χ0v) is 14.5.